The minimum atomic E-state index is -0.423. The van der Waals surface area contributed by atoms with E-state index >= 15 is 0 Å². The molecule has 3 N–H and O–H groups in total. The second-order valence-corrected chi connectivity index (χ2v) is 3.82. The first-order valence-corrected chi connectivity index (χ1v) is 5.01. The predicted octanol–water partition coefficient (Wildman–Crippen LogP) is 1.64. The molecule has 0 saturated carbocycles. The highest BCUT2D eigenvalue weighted by Crippen LogP contribution is 2.19. The molecule has 0 fully saturated rings. The molecule has 4 nitrogen and oxygen atoms in total. The Morgan fingerprint density at radius 2 is 1.94 bits per heavy atom. The molecule has 0 atom stereocenters. The van der Waals surface area contributed by atoms with Crippen molar-refractivity contribution in [2.75, 3.05) is 5.73 Å². The molecule has 0 radical (unpaired) electrons. The topological polar surface area (TPSA) is 71.8 Å². The molecule has 0 aliphatic heterocycles. The highest BCUT2D eigenvalue weighted by Gasteiger charge is 2.02. The largest absolute Gasteiger partial charge is 0.383 e. The van der Waals surface area contributed by atoms with Crippen molar-refractivity contribution in [3.63, 3.8) is 0 Å². The number of aryl methyl sites for hydroxylation is 2. The number of hydrogen-bond donors (Lipinski definition) is 2. The van der Waals surface area contributed by atoms with Gasteiger partial charge in [0.2, 0.25) is 0 Å². The van der Waals surface area contributed by atoms with Gasteiger partial charge in [-0.15, -0.1) is 0 Å². The zero-order valence-electron chi connectivity index (χ0n) is 9.24. The third-order valence-corrected chi connectivity index (χ3v) is 2.58. The Morgan fingerprint density at radius 1 is 1.19 bits per heavy atom. The number of nitrogen functional groups attached to an aromatic ring is 1. The van der Waals surface area contributed by atoms with E-state index in [4.69, 9.17) is 5.73 Å². The minimum absolute atomic E-state index is 0.233. The van der Waals surface area contributed by atoms with Crippen LogP contribution in [0.25, 0.3) is 11.3 Å². The number of benzene rings is 1. The summed E-state index contributed by atoms with van der Waals surface area (Å²) in [5, 5.41) is 0. The Kier molecular flexibility index (Phi) is 2.48. The second kappa shape index (κ2) is 3.81. The first-order chi connectivity index (χ1) is 7.56. The number of hydrogen-bond acceptors (Lipinski definition) is 3. The molecule has 0 saturated heterocycles. The lowest BCUT2D eigenvalue weighted by Crippen LogP contribution is -2.13. The lowest BCUT2D eigenvalue weighted by molar-refractivity contribution is 1.09. The van der Waals surface area contributed by atoms with Gasteiger partial charge in [0, 0.05) is 6.07 Å². The summed E-state index contributed by atoms with van der Waals surface area (Å²) in [7, 11) is 0. The van der Waals surface area contributed by atoms with E-state index in [1.807, 2.05) is 32.0 Å². The van der Waals surface area contributed by atoms with Crippen molar-refractivity contribution in [2.45, 2.75) is 13.8 Å². The van der Waals surface area contributed by atoms with Gasteiger partial charge in [-0.05, 0) is 36.6 Å². The fourth-order valence-corrected chi connectivity index (χ4v) is 1.54. The van der Waals surface area contributed by atoms with Crippen molar-refractivity contribution in [3.05, 3.63) is 45.9 Å². The summed E-state index contributed by atoms with van der Waals surface area (Å²) >= 11 is 0. The number of nitrogens with zero attached hydrogens (tertiary/aromatic N) is 1. The van der Waals surface area contributed by atoms with Crippen LogP contribution in [-0.2, 0) is 0 Å². The van der Waals surface area contributed by atoms with Gasteiger partial charge in [-0.1, -0.05) is 12.1 Å². The molecule has 1 aromatic carbocycles. The number of anilines is 1. The molecule has 0 amide bonds. The molecular formula is C12H13N3O. The molecule has 2 rings (SSSR count). The second-order valence-electron chi connectivity index (χ2n) is 3.82. The minimum Gasteiger partial charge on any atom is -0.383 e. The molecule has 4 heteroatoms. The average molecular weight is 215 g/mol. The first kappa shape index (κ1) is 10.4. The Bertz CT molecular complexity index is 587. The Labute approximate surface area is 93.2 Å². The summed E-state index contributed by atoms with van der Waals surface area (Å²) in [6.07, 6.45) is 0. The van der Waals surface area contributed by atoms with Gasteiger partial charge in [0.25, 0.3) is 0 Å². The fourth-order valence-electron chi connectivity index (χ4n) is 1.54. The van der Waals surface area contributed by atoms with Crippen molar-refractivity contribution in [1.29, 1.82) is 0 Å². The highest BCUT2D eigenvalue weighted by molar-refractivity contribution is 5.62. The normalized spacial score (nSPS) is 10.4. The van der Waals surface area contributed by atoms with Crippen molar-refractivity contribution < 1.29 is 0 Å². The quantitative estimate of drug-likeness (QED) is 0.759. The van der Waals surface area contributed by atoms with E-state index in [1.54, 1.807) is 6.07 Å². The van der Waals surface area contributed by atoms with E-state index in [0.717, 1.165) is 5.56 Å². The number of H-pyrrole nitrogens is 1. The molecule has 0 aliphatic carbocycles. The van der Waals surface area contributed by atoms with Crippen molar-refractivity contribution in [1.82, 2.24) is 9.97 Å². The number of rotatable bonds is 1. The maximum Gasteiger partial charge on any atom is 0.347 e. The Balaban J connectivity index is 2.58. The molecule has 1 aromatic heterocycles. The van der Waals surface area contributed by atoms with Crippen LogP contribution < -0.4 is 11.4 Å². The van der Waals surface area contributed by atoms with E-state index in [1.165, 1.54) is 11.1 Å². The molecule has 0 bridgehead atoms. The molecule has 82 valence electrons. The van der Waals surface area contributed by atoms with Crippen LogP contribution in [0.15, 0.2) is 29.1 Å². The summed E-state index contributed by atoms with van der Waals surface area (Å²) in [6.45, 7) is 4.07. The standard InChI is InChI=1S/C12H13N3O/c1-7-3-4-9(5-8(7)2)10-6-11(13)15-12(16)14-10/h3-6H,1-2H3,(H3,13,14,15,16). The van der Waals surface area contributed by atoms with Crippen LogP contribution >= 0.6 is 0 Å². The monoisotopic (exact) mass is 215 g/mol. The van der Waals surface area contributed by atoms with Crippen LogP contribution in [-0.4, -0.2) is 9.97 Å². The van der Waals surface area contributed by atoms with Gasteiger partial charge in [0.1, 0.15) is 5.82 Å². The van der Waals surface area contributed by atoms with Crippen LogP contribution in [0.3, 0.4) is 0 Å². The molecule has 2 aromatic rings. The van der Waals surface area contributed by atoms with Crippen molar-refractivity contribution >= 4 is 5.82 Å². The third kappa shape index (κ3) is 1.95. The third-order valence-electron chi connectivity index (χ3n) is 2.58. The van der Waals surface area contributed by atoms with Gasteiger partial charge in [-0.3, -0.25) is 0 Å². The summed E-state index contributed by atoms with van der Waals surface area (Å²) < 4.78 is 0. The predicted molar refractivity (Wildman–Crippen MR) is 64.2 cm³/mol. The van der Waals surface area contributed by atoms with Crippen LogP contribution in [0.2, 0.25) is 0 Å². The van der Waals surface area contributed by atoms with Gasteiger partial charge in [-0.2, -0.15) is 4.98 Å². The zero-order chi connectivity index (χ0) is 11.7. The fraction of sp³-hybridized carbons (Fsp3) is 0.167. The molecule has 16 heavy (non-hydrogen) atoms. The SMILES string of the molecule is Cc1ccc(-c2cc(N)nc(=O)[nH]2)cc1C. The Morgan fingerprint density at radius 3 is 2.56 bits per heavy atom. The van der Waals surface area contributed by atoms with E-state index in [9.17, 15) is 4.79 Å². The maximum absolute atomic E-state index is 11.2. The molecule has 1 heterocycles. The Hall–Kier alpha value is -2.10. The summed E-state index contributed by atoms with van der Waals surface area (Å²) in [5.74, 6) is 0.233. The summed E-state index contributed by atoms with van der Waals surface area (Å²) in [5.41, 5.74) is 9.14. The number of nitrogens with one attached hydrogen (secondary N) is 1. The van der Waals surface area contributed by atoms with Gasteiger partial charge in [0.15, 0.2) is 0 Å². The molecule has 0 aliphatic rings. The average Bonchev–Trinajstić information content (AvgIpc) is 2.20. The van der Waals surface area contributed by atoms with E-state index in [-0.39, 0.29) is 5.82 Å². The highest BCUT2D eigenvalue weighted by atomic mass is 16.1. The number of aromatic nitrogens is 2. The maximum atomic E-state index is 11.2. The van der Waals surface area contributed by atoms with Crippen molar-refractivity contribution in [3.8, 4) is 11.3 Å². The lowest BCUT2D eigenvalue weighted by Gasteiger charge is -2.05. The van der Waals surface area contributed by atoms with Crippen molar-refractivity contribution in [2.24, 2.45) is 0 Å². The zero-order valence-corrected chi connectivity index (χ0v) is 9.24. The van der Waals surface area contributed by atoms with Gasteiger partial charge < -0.3 is 10.7 Å². The first-order valence-electron chi connectivity index (χ1n) is 5.01. The number of nitrogens with two attached hydrogens (primary N) is 1. The van der Waals surface area contributed by atoms with E-state index in [0.29, 0.717) is 5.69 Å². The van der Waals surface area contributed by atoms with Gasteiger partial charge >= 0.3 is 5.69 Å². The lowest BCUT2D eigenvalue weighted by atomic mass is 10.0. The van der Waals surface area contributed by atoms with E-state index in [2.05, 4.69) is 9.97 Å². The summed E-state index contributed by atoms with van der Waals surface area (Å²) in [4.78, 5) is 17.4. The van der Waals surface area contributed by atoms with Gasteiger partial charge in [0.05, 0.1) is 5.69 Å². The smallest absolute Gasteiger partial charge is 0.347 e. The molecule has 0 spiro atoms. The van der Waals surface area contributed by atoms with Crippen LogP contribution in [0.5, 0.6) is 0 Å². The molecular weight excluding hydrogens is 202 g/mol. The number of aromatic amines is 1. The van der Waals surface area contributed by atoms with Gasteiger partial charge in [-0.25, -0.2) is 4.79 Å². The van der Waals surface area contributed by atoms with E-state index < -0.39 is 5.69 Å². The van der Waals surface area contributed by atoms with Crippen LogP contribution in [0.4, 0.5) is 5.82 Å². The van der Waals surface area contributed by atoms with Crippen LogP contribution in [0.1, 0.15) is 11.1 Å². The molecule has 0 unspecified atom stereocenters. The van der Waals surface area contributed by atoms with Crippen LogP contribution in [0, 0.1) is 13.8 Å². The summed E-state index contributed by atoms with van der Waals surface area (Å²) in [6, 6.07) is 7.64.